The molecule has 0 spiro atoms. The molecule has 20 heavy (non-hydrogen) atoms. The number of halogens is 3. The average Bonchev–Trinajstić information content (AvgIpc) is 2.35. The summed E-state index contributed by atoms with van der Waals surface area (Å²) in [5, 5.41) is 13.6. The SMILES string of the molecule is CCNCc1cc([N+](=O)[O-])ccc1OCCC(F)(F)F. The van der Waals surface area contributed by atoms with Crippen LogP contribution in [0.25, 0.3) is 0 Å². The van der Waals surface area contributed by atoms with Gasteiger partial charge in [0.2, 0.25) is 0 Å². The quantitative estimate of drug-likeness (QED) is 0.619. The average molecular weight is 292 g/mol. The van der Waals surface area contributed by atoms with Crippen molar-refractivity contribution in [2.45, 2.75) is 26.1 Å². The number of benzene rings is 1. The number of non-ortho nitro benzene ring substituents is 1. The van der Waals surface area contributed by atoms with E-state index in [9.17, 15) is 23.3 Å². The Balaban J connectivity index is 2.79. The molecule has 0 saturated heterocycles. The van der Waals surface area contributed by atoms with Crippen LogP contribution in [-0.2, 0) is 6.54 Å². The number of rotatable bonds is 7. The monoisotopic (exact) mass is 292 g/mol. The van der Waals surface area contributed by atoms with Crippen LogP contribution >= 0.6 is 0 Å². The second kappa shape index (κ2) is 7.09. The van der Waals surface area contributed by atoms with Crippen LogP contribution in [0.15, 0.2) is 18.2 Å². The first kappa shape index (κ1) is 16.2. The first-order valence-electron chi connectivity index (χ1n) is 6.01. The Labute approximate surface area is 113 Å². The molecule has 0 fully saturated rings. The van der Waals surface area contributed by atoms with Gasteiger partial charge in [-0.25, -0.2) is 0 Å². The smallest absolute Gasteiger partial charge is 0.392 e. The molecule has 112 valence electrons. The number of ether oxygens (including phenoxy) is 1. The van der Waals surface area contributed by atoms with Gasteiger partial charge in [0.05, 0.1) is 18.0 Å². The van der Waals surface area contributed by atoms with Crippen molar-refractivity contribution in [1.29, 1.82) is 0 Å². The Morgan fingerprint density at radius 3 is 2.65 bits per heavy atom. The topological polar surface area (TPSA) is 64.4 Å². The van der Waals surface area contributed by atoms with Gasteiger partial charge in [0, 0.05) is 24.2 Å². The zero-order chi connectivity index (χ0) is 15.2. The normalized spacial score (nSPS) is 11.4. The molecule has 0 heterocycles. The van der Waals surface area contributed by atoms with Crippen LogP contribution in [0.1, 0.15) is 18.9 Å². The van der Waals surface area contributed by atoms with Gasteiger partial charge in [-0.05, 0) is 12.6 Å². The maximum atomic E-state index is 12.0. The van der Waals surface area contributed by atoms with E-state index in [-0.39, 0.29) is 11.4 Å². The number of hydrogen-bond donors (Lipinski definition) is 1. The predicted molar refractivity (Wildman–Crippen MR) is 66.6 cm³/mol. The molecular formula is C12H15F3N2O3. The van der Waals surface area contributed by atoms with Crippen LogP contribution in [0.4, 0.5) is 18.9 Å². The Hall–Kier alpha value is -1.83. The van der Waals surface area contributed by atoms with Crippen molar-refractivity contribution in [1.82, 2.24) is 5.32 Å². The molecule has 0 aromatic heterocycles. The number of nitrogens with zero attached hydrogens (tertiary/aromatic N) is 1. The summed E-state index contributed by atoms with van der Waals surface area (Å²) in [5.41, 5.74) is 0.337. The van der Waals surface area contributed by atoms with Crippen molar-refractivity contribution in [3.05, 3.63) is 33.9 Å². The van der Waals surface area contributed by atoms with Gasteiger partial charge in [0.15, 0.2) is 0 Å². The second-order valence-electron chi connectivity index (χ2n) is 4.04. The van der Waals surface area contributed by atoms with Crippen LogP contribution in [0.2, 0.25) is 0 Å². The summed E-state index contributed by atoms with van der Waals surface area (Å²) in [7, 11) is 0. The lowest BCUT2D eigenvalue weighted by molar-refractivity contribution is -0.384. The van der Waals surface area contributed by atoms with E-state index in [0.29, 0.717) is 18.7 Å². The van der Waals surface area contributed by atoms with E-state index < -0.39 is 24.1 Å². The highest BCUT2D eigenvalue weighted by atomic mass is 19.4. The number of nitro groups is 1. The van der Waals surface area contributed by atoms with Gasteiger partial charge in [-0.3, -0.25) is 10.1 Å². The van der Waals surface area contributed by atoms with Crippen LogP contribution in [0.3, 0.4) is 0 Å². The van der Waals surface area contributed by atoms with E-state index in [1.54, 1.807) is 0 Å². The zero-order valence-corrected chi connectivity index (χ0v) is 10.9. The Bertz CT molecular complexity index is 464. The number of nitro benzene ring substituents is 1. The molecule has 0 amide bonds. The van der Waals surface area contributed by atoms with Crippen LogP contribution in [0.5, 0.6) is 5.75 Å². The molecule has 0 saturated carbocycles. The van der Waals surface area contributed by atoms with Gasteiger partial charge in [-0.1, -0.05) is 6.92 Å². The summed E-state index contributed by atoms with van der Waals surface area (Å²) >= 11 is 0. The van der Waals surface area contributed by atoms with E-state index in [4.69, 9.17) is 4.74 Å². The molecule has 5 nitrogen and oxygen atoms in total. The van der Waals surface area contributed by atoms with E-state index in [1.807, 2.05) is 6.92 Å². The van der Waals surface area contributed by atoms with E-state index >= 15 is 0 Å². The summed E-state index contributed by atoms with van der Waals surface area (Å²) in [6, 6.07) is 3.82. The lowest BCUT2D eigenvalue weighted by atomic mass is 10.1. The minimum absolute atomic E-state index is 0.124. The lowest BCUT2D eigenvalue weighted by Gasteiger charge is -2.12. The molecule has 0 aliphatic rings. The first-order chi connectivity index (χ1) is 9.33. The van der Waals surface area contributed by atoms with Crippen molar-refractivity contribution >= 4 is 5.69 Å². The largest absolute Gasteiger partial charge is 0.493 e. The third-order valence-corrected chi connectivity index (χ3v) is 2.46. The van der Waals surface area contributed by atoms with Crippen molar-refractivity contribution in [3.63, 3.8) is 0 Å². The Kier molecular flexibility index (Phi) is 5.75. The van der Waals surface area contributed by atoms with Gasteiger partial charge in [-0.2, -0.15) is 13.2 Å². The Morgan fingerprint density at radius 2 is 2.10 bits per heavy atom. The minimum Gasteiger partial charge on any atom is -0.493 e. The van der Waals surface area contributed by atoms with Crippen molar-refractivity contribution in [2.75, 3.05) is 13.2 Å². The standard InChI is InChI=1S/C12H15F3N2O3/c1-2-16-8-9-7-10(17(18)19)3-4-11(9)20-6-5-12(13,14)15/h3-4,7,16H,2,5-6,8H2,1H3. The van der Waals surface area contributed by atoms with Crippen molar-refractivity contribution < 1.29 is 22.8 Å². The van der Waals surface area contributed by atoms with E-state index in [1.165, 1.54) is 18.2 Å². The van der Waals surface area contributed by atoms with Crippen LogP contribution in [0, 0.1) is 10.1 Å². The molecule has 1 aromatic carbocycles. The minimum atomic E-state index is -4.29. The molecule has 0 bridgehead atoms. The maximum absolute atomic E-state index is 12.0. The highest BCUT2D eigenvalue weighted by Gasteiger charge is 2.27. The zero-order valence-electron chi connectivity index (χ0n) is 10.9. The highest BCUT2D eigenvalue weighted by molar-refractivity contribution is 5.43. The Morgan fingerprint density at radius 1 is 1.40 bits per heavy atom. The number of nitrogens with one attached hydrogen (secondary N) is 1. The molecule has 0 aliphatic heterocycles. The first-order valence-corrected chi connectivity index (χ1v) is 6.01. The third-order valence-electron chi connectivity index (χ3n) is 2.46. The molecule has 0 aliphatic carbocycles. The summed E-state index contributed by atoms with van der Waals surface area (Å²) < 4.78 is 41.2. The van der Waals surface area contributed by atoms with Gasteiger partial charge >= 0.3 is 6.18 Å². The summed E-state index contributed by atoms with van der Waals surface area (Å²) in [6.45, 7) is 2.26. The molecule has 0 unspecified atom stereocenters. The molecular weight excluding hydrogens is 277 g/mol. The van der Waals surface area contributed by atoms with E-state index in [0.717, 1.165) is 0 Å². The van der Waals surface area contributed by atoms with Gasteiger partial charge in [-0.15, -0.1) is 0 Å². The number of hydrogen-bond acceptors (Lipinski definition) is 4. The maximum Gasteiger partial charge on any atom is 0.392 e. The fourth-order valence-electron chi connectivity index (χ4n) is 1.49. The molecule has 1 aromatic rings. The van der Waals surface area contributed by atoms with Crippen molar-refractivity contribution in [2.24, 2.45) is 0 Å². The van der Waals surface area contributed by atoms with Crippen LogP contribution < -0.4 is 10.1 Å². The third kappa shape index (κ3) is 5.43. The molecule has 1 N–H and O–H groups in total. The predicted octanol–water partition coefficient (Wildman–Crippen LogP) is 3.04. The van der Waals surface area contributed by atoms with Crippen molar-refractivity contribution in [3.8, 4) is 5.75 Å². The molecule has 0 atom stereocenters. The van der Waals surface area contributed by atoms with Crippen LogP contribution in [-0.4, -0.2) is 24.3 Å². The van der Waals surface area contributed by atoms with Gasteiger partial charge in [0.1, 0.15) is 5.75 Å². The van der Waals surface area contributed by atoms with E-state index in [2.05, 4.69) is 5.32 Å². The number of alkyl halides is 3. The summed E-state index contributed by atoms with van der Waals surface area (Å²) in [4.78, 5) is 10.1. The highest BCUT2D eigenvalue weighted by Crippen LogP contribution is 2.26. The fourth-order valence-corrected chi connectivity index (χ4v) is 1.49. The summed E-state index contributed by atoms with van der Waals surface area (Å²) in [6.07, 6.45) is -5.35. The van der Waals surface area contributed by atoms with Gasteiger partial charge in [0.25, 0.3) is 5.69 Å². The molecule has 8 heteroatoms. The van der Waals surface area contributed by atoms with Gasteiger partial charge < -0.3 is 10.1 Å². The molecule has 1 rings (SSSR count). The fraction of sp³-hybridized carbons (Fsp3) is 0.500. The second-order valence-corrected chi connectivity index (χ2v) is 4.04. The summed E-state index contributed by atoms with van der Waals surface area (Å²) in [5.74, 6) is 0.223. The molecule has 0 radical (unpaired) electrons. The lowest BCUT2D eigenvalue weighted by Crippen LogP contribution is -2.16.